The second-order valence-electron chi connectivity index (χ2n) is 4.44. The van der Waals surface area contributed by atoms with Crippen LogP contribution in [0.4, 0.5) is 0 Å². The van der Waals surface area contributed by atoms with Crippen LogP contribution in [0.1, 0.15) is 23.6 Å². The number of benzene rings is 2. The van der Waals surface area contributed by atoms with Crippen molar-refractivity contribution in [1.29, 1.82) is 0 Å². The molecule has 0 saturated carbocycles. The molecule has 0 bridgehead atoms. The van der Waals surface area contributed by atoms with E-state index in [1.165, 1.54) is 22.3 Å². The van der Waals surface area contributed by atoms with E-state index >= 15 is 0 Å². The Morgan fingerprint density at radius 3 is 2.24 bits per heavy atom. The highest BCUT2D eigenvalue weighted by Crippen LogP contribution is 2.15. The minimum atomic E-state index is 1.00. The Hall–Kier alpha value is -1.82. The Bertz CT molecular complexity index is 489. The third-order valence-corrected chi connectivity index (χ3v) is 2.99. The fourth-order valence-electron chi connectivity index (χ4n) is 1.82. The van der Waals surface area contributed by atoms with Crippen molar-refractivity contribution in [3.8, 4) is 0 Å². The summed E-state index contributed by atoms with van der Waals surface area (Å²) >= 11 is 0. The van der Waals surface area contributed by atoms with Gasteiger partial charge in [-0.25, -0.2) is 0 Å². The third kappa shape index (κ3) is 3.32. The Kier molecular flexibility index (Phi) is 3.77. The summed E-state index contributed by atoms with van der Waals surface area (Å²) < 4.78 is 0. The minimum absolute atomic E-state index is 1.00. The molecule has 0 nitrogen and oxygen atoms in total. The normalized spacial score (nSPS) is 11.5. The molecule has 0 saturated heterocycles. The van der Waals surface area contributed by atoms with Crippen LogP contribution in [0.3, 0.4) is 0 Å². The zero-order valence-corrected chi connectivity index (χ0v) is 10.5. The summed E-state index contributed by atoms with van der Waals surface area (Å²) in [6, 6.07) is 19.3. The summed E-state index contributed by atoms with van der Waals surface area (Å²) in [6.07, 6.45) is 3.29. The number of allylic oxidation sites excluding steroid dienone is 2. The van der Waals surface area contributed by atoms with E-state index in [0.29, 0.717) is 0 Å². The summed E-state index contributed by atoms with van der Waals surface area (Å²) in [6.45, 7) is 4.29. The van der Waals surface area contributed by atoms with Gasteiger partial charge in [-0.15, -0.1) is 0 Å². The first-order valence-electron chi connectivity index (χ1n) is 6.03. The lowest BCUT2D eigenvalue weighted by molar-refractivity contribution is 1.26. The lowest BCUT2D eigenvalue weighted by Gasteiger charge is -2.03. The van der Waals surface area contributed by atoms with Gasteiger partial charge in [-0.05, 0) is 37.0 Å². The van der Waals surface area contributed by atoms with Gasteiger partial charge >= 0.3 is 0 Å². The van der Waals surface area contributed by atoms with Crippen LogP contribution in [0.5, 0.6) is 0 Å². The summed E-state index contributed by atoms with van der Waals surface area (Å²) in [5.41, 5.74) is 5.32. The second-order valence-corrected chi connectivity index (χ2v) is 4.44. The lowest BCUT2D eigenvalue weighted by Crippen LogP contribution is -1.84. The van der Waals surface area contributed by atoms with Crippen LogP contribution in [-0.4, -0.2) is 0 Å². The molecule has 0 aliphatic rings. The average Bonchev–Trinajstić information content (AvgIpc) is 2.38. The molecule has 0 atom stereocenters. The second kappa shape index (κ2) is 5.49. The van der Waals surface area contributed by atoms with Gasteiger partial charge in [0.1, 0.15) is 0 Å². The largest absolute Gasteiger partial charge is 0.0766 e. The number of rotatable bonds is 3. The van der Waals surface area contributed by atoms with Gasteiger partial charge in [-0.3, -0.25) is 0 Å². The molecule has 0 N–H and O–H groups in total. The molecule has 0 aliphatic heterocycles. The molecule has 0 heterocycles. The monoisotopic (exact) mass is 222 g/mol. The maximum atomic E-state index is 2.29. The fraction of sp³-hybridized carbons (Fsp3) is 0.176. The molecular weight excluding hydrogens is 204 g/mol. The highest BCUT2D eigenvalue weighted by Gasteiger charge is 1.95. The van der Waals surface area contributed by atoms with E-state index in [4.69, 9.17) is 0 Å². The molecule has 0 heteroatoms. The Morgan fingerprint density at radius 1 is 0.941 bits per heavy atom. The van der Waals surface area contributed by atoms with Crippen LogP contribution in [-0.2, 0) is 6.42 Å². The van der Waals surface area contributed by atoms with E-state index in [1.807, 2.05) is 0 Å². The van der Waals surface area contributed by atoms with Crippen LogP contribution >= 0.6 is 0 Å². The van der Waals surface area contributed by atoms with Crippen molar-refractivity contribution < 1.29 is 0 Å². The zero-order valence-electron chi connectivity index (χ0n) is 10.5. The van der Waals surface area contributed by atoms with Gasteiger partial charge in [-0.1, -0.05) is 66.2 Å². The van der Waals surface area contributed by atoms with Crippen molar-refractivity contribution in [3.05, 3.63) is 77.4 Å². The Balaban J connectivity index is 2.10. The zero-order chi connectivity index (χ0) is 12.1. The molecule has 86 valence electrons. The highest BCUT2D eigenvalue weighted by molar-refractivity contribution is 5.64. The molecule has 0 fully saturated rings. The first-order valence-corrected chi connectivity index (χ1v) is 6.03. The maximum absolute atomic E-state index is 2.29. The average molecular weight is 222 g/mol. The minimum Gasteiger partial charge on any atom is -0.0766 e. The maximum Gasteiger partial charge on any atom is -0.00915 e. The third-order valence-electron chi connectivity index (χ3n) is 2.99. The van der Waals surface area contributed by atoms with Crippen LogP contribution in [0.25, 0.3) is 5.57 Å². The van der Waals surface area contributed by atoms with Crippen molar-refractivity contribution in [1.82, 2.24) is 0 Å². The van der Waals surface area contributed by atoms with Gasteiger partial charge in [-0.2, -0.15) is 0 Å². The van der Waals surface area contributed by atoms with Crippen molar-refractivity contribution in [2.24, 2.45) is 0 Å². The van der Waals surface area contributed by atoms with Crippen molar-refractivity contribution in [3.63, 3.8) is 0 Å². The van der Waals surface area contributed by atoms with Gasteiger partial charge in [0.2, 0.25) is 0 Å². The van der Waals surface area contributed by atoms with E-state index in [0.717, 1.165) is 6.42 Å². The van der Waals surface area contributed by atoms with Crippen LogP contribution in [0, 0.1) is 6.92 Å². The van der Waals surface area contributed by atoms with Crippen molar-refractivity contribution in [2.75, 3.05) is 0 Å². The summed E-state index contributed by atoms with van der Waals surface area (Å²) in [5.74, 6) is 0. The Morgan fingerprint density at radius 2 is 1.59 bits per heavy atom. The quantitative estimate of drug-likeness (QED) is 0.709. The standard InChI is InChI=1S/C17H18/c1-14-8-12-17(13-9-14)15(2)10-11-16-6-4-3-5-7-16/h3-10,12-13H,11H2,1-2H3. The van der Waals surface area contributed by atoms with Gasteiger partial charge < -0.3 is 0 Å². The van der Waals surface area contributed by atoms with E-state index in [2.05, 4.69) is 74.5 Å². The van der Waals surface area contributed by atoms with Gasteiger partial charge in [0.25, 0.3) is 0 Å². The van der Waals surface area contributed by atoms with Crippen molar-refractivity contribution in [2.45, 2.75) is 20.3 Å². The number of hydrogen-bond donors (Lipinski definition) is 0. The van der Waals surface area contributed by atoms with E-state index in [1.54, 1.807) is 0 Å². The molecule has 17 heavy (non-hydrogen) atoms. The first kappa shape index (κ1) is 11.7. The van der Waals surface area contributed by atoms with Gasteiger partial charge in [0.15, 0.2) is 0 Å². The molecule has 0 radical (unpaired) electrons. The highest BCUT2D eigenvalue weighted by atomic mass is 14.0. The van der Waals surface area contributed by atoms with E-state index in [9.17, 15) is 0 Å². The summed E-state index contributed by atoms with van der Waals surface area (Å²) in [5, 5.41) is 0. The van der Waals surface area contributed by atoms with E-state index in [-0.39, 0.29) is 0 Å². The fourth-order valence-corrected chi connectivity index (χ4v) is 1.82. The van der Waals surface area contributed by atoms with Crippen LogP contribution < -0.4 is 0 Å². The molecule has 0 aromatic heterocycles. The summed E-state index contributed by atoms with van der Waals surface area (Å²) in [7, 11) is 0. The van der Waals surface area contributed by atoms with E-state index < -0.39 is 0 Å². The molecule has 0 amide bonds. The predicted molar refractivity (Wildman–Crippen MR) is 75.0 cm³/mol. The SMILES string of the molecule is CC(=CCc1ccccc1)c1ccc(C)cc1. The summed E-state index contributed by atoms with van der Waals surface area (Å²) in [4.78, 5) is 0. The predicted octanol–water partition coefficient (Wildman–Crippen LogP) is 4.64. The van der Waals surface area contributed by atoms with Crippen LogP contribution in [0.2, 0.25) is 0 Å². The Labute approximate surface area is 104 Å². The van der Waals surface area contributed by atoms with Crippen molar-refractivity contribution >= 4 is 5.57 Å². The molecule has 0 spiro atoms. The topological polar surface area (TPSA) is 0 Å². The molecule has 0 aliphatic carbocycles. The molecule has 0 unspecified atom stereocenters. The molecule has 2 aromatic rings. The van der Waals surface area contributed by atoms with Gasteiger partial charge in [0.05, 0.1) is 0 Å². The van der Waals surface area contributed by atoms with Crippen LogP contribution in [0.15, 0.2) is 60.7 Å². The number of hydrogen-bond acceptors (Lipinski definition) is 0. The molecule has 2 aromatic carbocycles. The van der Waals surface area contributed by atoms with Gasteiger partial charge in [0, 0.05) is 0 Å². The molecular formula is C17H18. The first-order chi connectivity index (χ1) is 8.25. The lowest BCUT2D eigenvalue weighted by atomic mass is 10.0. The molecule has 2 rings (SSSR count). The number of aryl methyl sites for hydroxylation is 1. The smallest absolute Gasteiger partial charge is 0.00915 e.